The minimum atomic E-state index is 1.18. The van der Waals surface area contributed by atoms with Crippen LogP contribution in [0, 0.1) is 0 Å². The van der Waals surface area contributed by atoms with Gasteiger partial charge in [0, 0.05) is 0 Å². The minimum absolute atomic E-state index is 1.18. The van der Waals surface area contributed by atoms with Crippen LogP contribution in [0.1, 0.15) is 13.3 Å². The van der Waals surface area contributed by atoms with Crippen molar-refractivity contribution in [3.05, 3.63) is 0 Å². The van der Waals surface area contributed by atoms with Gasteiger partial charge in [-0.15, -0.1) is 0 Å². The molecule has 0 aromatic carbocycles. The summed E-state index contributed by atoms with van der Waals surface area (Å²) < 4.78 is 0. The van der Waals surface area contributed by atoms with E-state index in [1.807, 2.05) is 6.62 Å². The third-order valence-corrected chi connectivity index (χ3v) is 0.722. The van der Waals surface area contributed by atoms with Crippen LogP contribution in [0.15, 0.2) is 0 Å². The van der Waals surface area contributed by atoms with Crippen molar-refractivity contribution in [3.63, 3.8) is 0 Å². The number of rotatable bonds is 2. The van der Waals surface area contributed by atoms with Crippen LogP contribution in [-0.4, -0.2) is 6.62 Å². The average Bonchev–Trinajstić information content (AvgIpc) is 1.41. The molecule has 0 saturated carbocycles. The first kappa shape index (κ1) is 5.36. The van der Waals surface area contributed by atoms with Gasteiger partial charge >= 0.3 is 35.0 Å². The molecule has 0 aliphatic rings. The molecule has 0 atom stereocenters. The fourth-order valence-corrected chi connectivity index (χ4v) is 0.433. The Bertz CT molecular complexity index is 28.1. The van der Waals surface area contributed by atoms with Crippen molar-refractivity contribution in [2.45, 2.75) is 19.7 Å². The molecule has 0 nitrogen and oxygen atoms in total. The van der Waals surface area contributed by atoms with E-state index in [9.17, 15) is 0 Å². The van der Waals surface area contributed by atoms with Gasteiger partial charge < -0.3 is 0 Å². The van der Waals surface area contributed by atoms with Crippen LogP contribution < -0.4 is 0 Å². The van der Waals surface area contributed by atoms with Crippen molar-refractivity contribution in [2.24, 2.45) is 0 Å². The monoisotopic (exact) mass is 86.0 g/mol. The number of hydrogen-bond donors (Lipinski definition) is 0. The van der Waals surface area contributed by atoms with Gasteiger partial charge in [-0.05, 0) is 0 Å². The van der Waals surface area contributed by atoms with Gasteiger partial charge in [0.15, 0.2) is 0 Å². The van der Waals surface area contributed by atoms with Crippen molar-refractivity contribution in [1.29, 1.82) is 0 Å². The maximum absolute atomic E-state index is 3.23. The molecule has 0 aliphatic heterocycles. The molecule has 2 heteroatoms. The van der Waals surface area contributed by atoms with E-state index in [0.717, 1.165) is 0 Å². The van der Waals surface area contributed by atoms with Crippen LogP contribution in [0.3, 0.4) is 0 Å². The number of hydrogen-bond acceptors (Lipinski definition) is 0. The Morgan fingerprint density at radius 1 is 1.80 bits per heavy atom. The Labute approximate surface area is 36.0 Å². The summed E-state index contributed by atoms with van der Waals surface area (Å²) >= 11 is 0. The first-order valence-corrected chi connectivity index (χ1v) is 2.48. The zero-order chi connectivity index (χ0) is 4.12. The topological polar surface area (TPSA) is 0 Å². The molecule has 0 aromatic heterocycles. The van der Waals surface area contributed by atoms with Crippen molar-refractivity contribution in [1.82, 2.24) is 0 Å². The van der Waals surface area contributed by atoms with E-state index in [2.05, 4.69) is 15.7 Å². The first-order valence-electron chi connectivity index (χ1n) is 1.90. The third-order valence-electron chi connectivity index (χ3n) is 0.433. The van der Waals surface area contributed by atoms with Crippen LogP contribution in [0.4, 0.5) is 0 Å². The predicted octanol–water partition coefficient (Wildman–Crippen LogP) is 1.58. The average molecular weight is 85.9 g/mol. The SMILES string of the molecule is CCCB=P. The molecule has 0 radical (unpaired) electrons. The Morgan fingerprint density at radius 3 is 2.40 bits per heavy atom. The molecule has 28 valence electrons. The van der Waals surface area contributed by atoms with Crippen LogP contribution in [0.2, 0.25) is 6.32 Å². The van der Waals surface area contributed by atoms with Crippen molar-refractivity contribution in [2.75, 3.05) is 0 Å². The molecule has 0 bridgehead atoms. The Morgan fingerprint density at radius 2 is 2.40 bits per heavy atom. The Kier molecular flexibility index (Phi) is 4.68. The zero-order valence-corrected chi connectivity index (χ0v) is 4.49. The van der Waals surface area contributed by atoms with E-state index in [0.29, 0.717) is 0 Å². The first-order chi connectivity index (χ1) is 2.41. The van der Waals surface area contributed by atoms with E-state index in [-0.39, 0.29) is 0 Å². The molecule has 0 unspecified atom stereocenters. The van der Waals surface area contributed by atoms with Gasteiger partial charge in [0.05, 0.1) is 0 Å². The van der Waals surface area contributed by atoms with Gasteiger partial charge in [0.25, 0.3) is 0 Å². The molecule has 0 aromatic rings. The molecule has 0 aliphatic carbocycles. The standard InChI is InChI=1S/C3H8BP/c1-2-3-4-5/h5H,2-3H2,1H3. The normalized spacial score (nSPS) is 6.60. The molecule has 0 amide bonds. The van der Waals surface area contributed by atoms with E-state index < -0.39 is 0 Å². The third kappa shape index (κ3) is 4.36. The molecule has 5 heavy (non-hydrogen) atoms. The van der Waals surface area contributed by atoms with Crippen LogP contribution in [-0.2, 0) is 0 Å². The quantitative estimate of drug-likeness (QED) is 0.353. The van der Waals surface area contributed by atoms with Crippen molar-refractivity contribution >= 4 is 15.3 Å². The molecule has 0 saturated heterocycles. The predicted molar refractivity (Wildman–Crippen MR) is 29.2 cm³/mol. The summed E-state index contributed by atoms with van der Waals surface area (Å²) in [5.74, 6) is 0. The summed E-state index contributed by atoms with van der Waals surface area (Å²) in [6, 6.07) is 0. The Hall–Kier alpha value is 0.365. The molecule has 0 fully saturated rings. The van der Waals surface area contributed by atoms with Gasteiger partial charge in [-0.1, -0.05) is 0 Å². The fraction of sp³-hybridized carbons (Fsp3) is 1.00. The summed E-state index contributed by atoms with van der Waals surface area (Å²) in [6.07, 6.45) is 2.42. The summed E-state index contributed by atoms with van der Waals surface area (Å²) in [7, 11) is 3.23. The zero-order valence-electron chi connectivity index (χ0n) is 3.49. The second-order valence-electron chi connectivity index (χ2n) is 0.993. The maximum atomic E-state index is 3.23. The summed E-state index contributed by atoms with van der Waals surface area (Å²) in [5.41, 5.74) is 0. The van der Waals surface area contributed by atoms with Crippen molar-refractivity contribution in [3.8, 4) is 0 Å². The van der Waals surface area contributed by atoms with E-state index in [4.69, 9.17) is 0 Å². The van der Waals surface area contributed by atoms with Crippen LogP contribution in [0.5, 0.6) is 0 Å². The molecule has 0 heterocycles. The van der Waals surface area contributed by atoms with Gasteiger partial charge in [-0.25, -0.2) is 0 Å². The molecule has 0 N–H and O–H groups in total. The Balaban J connectivity index is 2.40. The van der Waals surface area contributed by atoms with Gasteiger partial charge in [-0.3, -0.25) is 0 Å². The van der Waals surface area contributed by atoms with E-state index >= 15 is 0 Å². The van der Waals surface area contributed by atoms with Crippen molar-refractivity contribution < 1.29 is 0 Å². The summed E-state index contributed by atoms with van der Waals surface area (Å²) in [4.78, 5) is 0. The molecule has 0 spiro atoms. The van der Waals surface area contributed by atoms with Gasteiger partial charge in [-0.2, -0.15) is 0 Å². The van der Waals surface area contributed by atoms with E-state index in [1.54, 1.807) is 0 Å². The van der Waals surface area contributed by atoms with Crippen LogP contribution >= 0.6 is 8.73 Å². The van der Waals surface area contributed by atoms with E-state index in [1.165, 1.54) is 12.7 Å². The van der Waals surface area contributed by atoms with Gasteiger partial charge in [0.1, 0.15) is 0 Å². The molecular weight excluding hydrogens is 77.8 g/mol. The molecular formula is C3H8BP. The second-order valence-corrected chi connectivity index (χ2v) is 1.40. The second kappa shape index (κ2) is 4.36. The summed E-state index contributed by atoms with van der Waals surface area (Å²) in [5, 5.41) is 0. The van der Waals surface area contributed by atoms with Crippen LogP contribution in [0.25, 0.3) is 0 Å². The fourth-order valence-electron chi connectivity index (χ4n) is 0.144. The summed E-state index contributed by atoms with van der Waals surface area (Å²) in [6.45, 7) is 4.14. The molecule has 0 rings (SSSR count). The van der Waals surface area contributed by atoms with Gasteiger partial charge in [0.2, 0.25) is 0 Å².